The van der Waals surface area contributed by atoms with E-state index in [1.54, 1.807) is 17.4 Å². The summed E-state index contributed by atoms with van der Waals surface area (Å²) in [5, 5.41) is 3.36. The summed E-state index contributed by atoms with van der Waals surface area (Å²) in [6.07, 6.45) is 3.76. The van der Waals surface area contributed by atoms with Crippen LogP contribution < -0.4 is 0 Å². The minimum absolute atomic E-state index is 0.0267. The summed E-state index contributed by atoms with van der Waals surface area (Å²) in [4.78, 5) is 14.5. The maximum Gasteiger partial charge on any atom is 0.175 e. The summed E-state index contributed by atoms with van der Waals surface area (Å²) >= 11 is 1.75. The molecule has 2 aliphatic rings. The first-order valence-electron chi connectivity index (χ1n) is 12.1. The van der Waals surface area contributed by atoms with Crippen LogP contribution in [0.4, 0.5) is 0 Å². The zero-order chi connectivity index (χ0) is 24.4. The minimum Gasteiger partial charge on any atom is -0.293 e. The summed E-state index contributed by atoms with van der Waals surface area (Å²) in [7, 11) is 0. The number of allylic oxidation sites excluding steroid dienone is 1. The van der Waals surface area contributed by atoms with Gasteiger partial charge in [-0.05, 0) is 57.0 Å². The molecule has 0 bridgehead atoms. The quantitative estimate of drug-likeness (QED) is 0.172. The van der Waals surface area contributed by atoms with Crippen molar-refractivity contribution in [3.8, 4) is 11.1 Å². The van der Waals surface area contributed by atoms with Gasteiger partial charge in [0, 0.05) is 10.1 Å². The van der Waals surface area contributed by atoms with Gasteiger partial charge in [-0.15, -0.1) is 11.3 Å². The topological polar surface area (TPSA) is 17.1 Å². The third kappa shape index (κ3) is 3.67. The predicted octanol–water partition coefficient (Wildman–Crippen LogP) is 8.62. The third-order valence-electron chi connectivity index (χ3n) is 6.90. The van der Waals surface area contributed by atoms with Crippen molar-refractivity contribution in [2.75, 3.05) is 0 Å². The fraction of sp³-hybridized carbons (Fsp3) is 0.0294. The Bertz CT molecular complexity index is 1530. The first-order chi connectivity index (χ1) is 17.8. The molecule has 1 nitrogen and oxygen atoms in total. The lowest BCUT2D eigenvalue weighted by molar-refractivity contribution is -0.117. The van der Waals surface area contributed by atoms with Gasteiger partial charge in [-0.2, -0.15) is 0 Å². The molecule has 0 aliphatic heterocycles. The average molecular weight is 481 g/mol. The van der Waals surface area contributed by atoms with Crippen LogP contribution in [0.2, 0.25) is 0 Å². The van der Waals surface area contributed by atoms with Gasteiger partial charge in [-0.1, -0.05) is 121 Å². The smallest absolute Gasteiger partial charge is 0.175 e. The van der Waals surface area contributed by atoms with E-state index in [9.17, 15) is 4.79 Å². The molecule has 2 aliphatic carbocycles. The van der Waals surface area contributed by atoms with Crippen LogP contribution in [-0.4, -0.2) is 5.78 Å². The molecule has 0 radical (unpaired) electrons. The number of carbonyl (C=O) groups excluding carboxylic acids is 1. The Kier molecular flexibility index (Phi) is 5.80. The van der Waals surface area contributed by atoms with E-state index in [0.29, 0.717) is 0 Å². The Balaban J connectivity index is 1.56. The van der Waals surface area contributed by atoms with Gasteiger partial charge < -0.3 is 0 Å². The highest BCUT2D eigenvalue weighted by molar-refractivity contribution is 7.17. The lowest BCUT2D eigenvalue weighted by Crippen LogP contribution is -2.37. The first kappa shape index (κ1) is 22.2. The van der Waals surface area contributed by atoms with Crippen molar-refractivity contribution >= 4 is 33.3 Å². The van der Waals surface area contributed by atoms with Crippen molar-refractivity contribution < 1.29 is 4.79 Å². The van der Waals surface area contributed by atoms with Gasteiger partial charge in [-0.25, -0.2) is 0 Å². The highest BCUT2D eigenvalue weighted by Gasteiger charge is 2.42. The molecule has 0 unspecified atom stereocenters. The Labute approximate surface area is 215 Å². The fourth-order valence-corrected chi connectivity index (χ4v) is 6.13. The number of thiophene rings is 1. The standard InChI is InChI=1S/C34H24OS/c35-32(21-20-25-12-10-11-13-26-24-31-30(33(25)26)22-23-36-31)34(27-14-4-1-5-15-27,28-16-6-2-7-17-28)29-18-8-3-9-19-29/h1-24H/b21-20+. The van der Waals surface area contributed by atoms with Gasteiger partial charge in [0.2, 0.25) is 0 Å². The van der Waals surface area contributed by atoms with E-state index in [0.717, 1.165) is 22.3 Å². The molecule has 0 spiro atoms. The number of fused-ring (bicyclic) bond motifs is 3. The monoisotopic (exact) mass is 480 g/mol. The van der Waals surface area contributed by atoms with Crippen LogP contribution in [0.5, 0.6) is 0 Å². The van der Waals surface area contributed by atoms with Crippen molar-refractivity contribution in [2.45, 2.75) is 5.41 Å². The summed E-state index contributed by atoms with van der Waals surface area (Å²) < 4.78 is 1.27. The van der Waals surface area contributed by atoms with E-state index in [-0.39, 0.29) is 5.78 Å². The third-order valence-corrected chi connectivity index (χ3v) is 7.76. The molecule has 0 atom stereocenters. The molecule has 0 fully saturated rings. The van der Waals surface area contributed by atoms with Crippen molar-refractivity contribution in [3.05, 3.63) is 161 Å². The van der Waals surface area contributed by atoms with Gasteiger partial charge in [0.15, 0.2) is 5.78 Å². The highest BCUT2D eigenvalue weighted by Crippen LogP contribution is 2.42. The first-order valence-corrected chi connectivity index (χ1v) is 12.9. The Morgan fingerprint density at radius 2 is 1.17 bits per heavy atom. The average Bonchev–Trinajstić information content (AvgIpc) is 3.46. The molecule has 0 saturated heterocycles. The summed E-state index contributed by atoms with van der Waals surface area (Å²) in [6, 6.07) is 43.1. The van der Waals surface area contributed by atoms with Gasteiger partial charge in [0.05, 0.1) is 0 Å². The maximum absolute atomic E-state index is 14.5. The van der Waals surface area contributed by atoms with Crippen molar-refractivity contribution in [1.29, 1.82) is 0 Å². The van der Waals surface area contributed by atoms with Crippen LogP contribution in [-0.2, 0) is 10.2 Å². The Morgan fingerprint density at radius 3 is 1.75 bits per heavy atom. The van der Waals surface area contributed by atoms with Gasteiger partial charge >= 0.3 is 0 Å². The molecule has 2 heteroatoms. The van der Waals surface area contributed by atoms with Crippen LogP contribution in [0.1, 0.15) is 22.3 Å². The Hall–Kier alpha value is -4.27. The van der Waals surface area contributed by atoms with E-state index in [2.05, 4.69) is 72.1 Å². The number of ketones is 1. The van der Waals surface area contributed by atoms with Crippen LogP contribution in [0.15, 0.2) is 139 Å². The zero-order valence-corrected chi connectivity index (χ0v) is 20.5. The van der Waals surface area contributed by atoms with Gasteiger partial charge in [0.25, 0.3) is 0 Å². The van der Waals surface area contributed by atoms with Crippen molar-refractivity contribution in [1.82, 2.24) is 0 Å². The molecule has 3 aromatic carbocycles. The SMILES string of the molecule is O=C(/C=C/c1ccccc2cc3sccc3c1-2)C(c1ccccc1)(c1ccccc1)c1ccccc1. The van der Waals surface area contributed by atoms with Gasteiger partial charge in [-0.3, -0.25) is 4.79 Å². The van der Waals surface area contributed by atoms with Crippen LogP contribution in [0.3, 0.4) is 0 Å². The molecule has 6 rings (SSSR count). The van der Waals surface area contributed by atoms with Gasteiger partial charge in [0.1, 0.15) is 5.41 Å². The summed E-state index contributed by atoms with van der Waals surface area (Å²) in [5.41, 5.74) is 5.32. The number of rotatable bonds is 6. The Morgan fingerprint density at radius 1 is 0.639 bits per heavy atom. The van der Waals surface area contributed by atoms with E-state index in [1.165, 1.54) is 21.2 Å². The van der Waals surface area contributed by atoms with E-state index in [1.807, 2.05) is 66.7 Å². The lowest BCUT2D eigenvalue weighted by atomic mass is 9.66. The second-order valence-electron chi connectivity index (χ2n) is 8.89. The zero-order valence-electron chi connectivity index (χ0n) is 19.7. The molecule has 4 aromatic rings. The molecule has 1 heterocycles. The lowest BCUT2D eigenvalue weighted by Gasteiger charge is -2.33. The number of benzene rings is 3. The minimum atomic E-state index is -0.958. The molecule has 1 aromatic heterocycles. The normalized spacial score (nSPS) is 11.9. The molecule has 0 N–H and O–H groups in total. The van der Waals surface area contributed by atoms with Crippen molar-refractivity contribution in [3.63, 3.8) is 0 Å². The molecule has 0 saturated carbocycles. The summed E-state index contributed by atoms with van der Waals surface area (Å²) in [6.45, 7) is 0. The van der Waals surface area contributed by atoms with Crippen LogP contribution in [0, 0.1) is 0 Å². The maximum atomic E-state index is 14.5. The molecular weight excluding hydrogens is 456 g/mol. The van der Waals surface area contributed by atoms with Crippen LogP contribution in [0.25, 0.3) is 27.3 Å². The van der Waals surface area contributed by atoms with Crippen LogP contribution >= 0.6 is 11.3 Å². The highest BCUT2D eigenvalue weighted by atomic mass is 32.1. The fourth-order valence-electron chi connectivity index (χ4n) is 5.28. The largest absolute Gasteiger partial charge is 0.293 e. The van der Waals surface area contributed by atoms with Crippen molar-refractivity contribution in [2.24, 2.45) is 0 Å². The van der Waals surface area contributed by atoms with E-state index in [4.69, 9.17) is 0 Å². The molecular formula is C34H24OS. The molecule has 172 valence electrons. The predicted molar refractivity (Wildman–Crippen MR) is 152 cm³/mol. The number of hydrogen-bond acceptors (Lipinski definition) is 2. The second kappa shape index (κ2) is 9.41. The molecule has 0 amide bonds. The number of carbonyl (C=O) groups is 1. The number of hydrogen-bond donors (Lipinski definition) is 0. The van der Waals surface area contributed by atoms with E-state index >= 15 is 0 Å². The summed E-state index contributed by atoms with van der Waals surface area (Å²) in [5.74, 6) is 0.0267. The second-order valence-corrected chi connectivity index (χ2v) is 9.84. The van der Waals surface area contributed by atoms with E-state index < -0.39 is 5.41 Å². The molecule has 36 heavy (non-hydrogen) atoms.